The van der Waals surface area contributed by atoms with Crippen LogP contribution in [0.1, 0.15) is 39.2 Å². The Balaban J connectivity index is 1.92. The molecule has 0 atom stereocenters. The fourth-order valence-corrected chi connectivity index (χ4v) is 2.06. The Morgan fingerprint density at radius 3 is 2.40 bits per heavy atom. The van der Waals surface area contributed by atoms with E-state index in [4.69, 9.17) is 10.5 Å². The molecule has 0 aromatic heterocycles. The van der Waals surface area contributed by atoms with Gasteiger partial charge < -0.3 is 15.4 Å². The Morgan fingerprint density at radius 1 is 1.30 bits per heavy atom. The standard InChI is InChI=1S/C16H24N2O2/c1-16(2,3)20-15(19)18(14-8-9-14)11-10-12-4-6-13(17)7-5-12/h4-7,14H,8-11,17H2,1-3H3. The van der Waals surface area contributed by atoms with E-state index in [0.29, 0.717) is 12.6 Å². The molecule has 0 radical (unpaired) electrons. The summed E-state index contributed by atoms with van der Waals surface area (Å²) in [7, 11) is 0. The molecule has 20 heavy (non-hydrogen) atoms. The number of amides is 1. The molecule has 1 aliphatic rings. The number of anilines is 1. The van der Waals surface area contributed by atoms with Crippen molar-refractivity contribution < 1.29 is 9.53 Å². The first-order valence-corrected chi connectivity index (χ1v) is 7.19. The second kappa shape index (κ2) is 5.73. The highest BCUT2D eigenvalue weighted by molar-refractivity contribution is 5.69. The Labute approximate surface area is 120 Å². The molecular weight excluding hydrogens is 252 g/mol. The van der Waals surface area contributed by atoms with Gasteiger partial charge >= 0.3 is 6.09 Å². The quantitative estimate of drug-likeness (QED) is 0.859. The molecule has 1 aromatic rings. The van der Waals surface area contributed by atoms with E-state index >= 15 is 0 Å². The van der Waals surface area contributed by atoms with Gasteiger partial charge in [-0.2, -0.15) is 0 Å². The van der Waals surface area contributed by atoms with Crippen LogP contribution in [0.2, 0.25) is 0 Å². The van der Waals surface area contributed by atoms with Crippen LogP contribution in [0.3, 0.4) is 0 Å². The van der Waals surface area contributed by atoms with E-state index in [-0.39, 0.29) is 6.09 Å². The fraction of sp³-hybridized carbons (Fsp3) is 0.562. The van der Waals surface area contributed by atoms with Gasteiger partial charge in [0.15, 0.2) is 0 Å². The maximum atomic E-state index is 12.2. The maximum Gasteiger partial charge on any atom is 0.410 e. The molecule has 0 unspecified atom stereocenters. The Bertz CT molecular complexity index is 458. The monoisotopic (exact) mass is 276 g/mol. The van der Waals surface area contributed by atoms with Crippen LogP contribution in [-0.4, -0.2) is 29.2 Å². The minimum Gasteiger partial charge on any atom is -0.444 e. The predicted octanol–water partition coefficient (Wildman–Crippen LogP) is 3.21. The van der Waals surface area contributed by atoms with E-state index in [1.54, 1.807) is 0 Å². The maximum absolute atomic E-state index is 12.2. The zero-order valence-electron chi connectivity index (χ0n) is 12.6. The lowest BCUT2D eigenvalue weighted by atomic mass is 10.1. The van der Waals surface area contributed by atoms with Crippen molar-refractivity contribution in [2.45, 2.75) is 51.7 Å². The topological polar surface area (TPSA) is 55.6 Å². The summed E-state index contributed by atoms with van der Waals surface area (Å²) < 4.78 is 5.48. The van der Waals surface area contributed by atoms with Crippen LogP contribution >= 0.6 is 0 Å². The molecule has 1 saturated carbocycles. The SMILES string of the molecule is CC(C)(C)OC(=O)N(CCc1ccc(N)cc1)C1CC1. The van der Waals surface area contributed by atoms with Crippen LogP contribution in [0.4, 0.5) is 10.5 Å². The lowest BCUT2D eigenvalue weighted by Gasteiger charge is -2.27. The summed E-state index contributed by atoms with van der Waals surface area (Å²) >= 11 is 0. The largest absolute Gasteiger partial charge is 0.444 e. The first-order valence-electron chi connectivity index (χ1n) is 7.19. The molecule has 0 spiro atoms. The van der Waals surface area contributed by atoms with E-state index < -0.39 is 5.60 Å². The number of benzene rings is 1. The summed E-state index contributed by atoms with van der Waals surface area (Å²) in [6, 6.07) is 8.16. The highest BCUT2D eigenvalue weighted by Crippen LogP contribution is 2.28. The van der Waals surface area contributed by atoms with Crippen molar-refractivity contribution in [3.05, 3.63) is 29.8 Å². The highest BCUT2D eigenvalue weighted by atomic mass is 16.6. The smallest absolute Gasteiger partial charge is 0.410 e. The van der Waals surface area contributed by atoms with Crippen LogP contribution in [0.15, 0.2) is 24.3 Å². The molecule has 2 N–H and O–H groups in total. The molecule has 4 heteroatoms. The minimum atomic E-state index is -0.439. The number of hydrogen-bond acceptors (Lipinski definition) is 3. The van der Waals surface area contributed by atoms with Crippen LogP contribution in [0.5, 0.6) is 0 Å². The first kappa shape index (κ1) is 14.7. The molecule has 1 fully saturated rings. The number of ether oxygens (including phenoxy) is 1. The molecule has 4 nitrogen and oxygen atoms in total. The van der Waals surface area contributed by atoms with E-state index in [9.17, 15) is 4.79 Å². The third kappa shape index (κ3) is 4.44. The Hall–Kier alpha value is -1.71. The molecule has 0 saturated heterocycles. The van der Waals surface area contributed by atoms with Gasteiger partial charge in [-0.3, -0.25) is 0 Å². The molecule has 0 bridgehead atoms. The number of rotatable bonds is 4. The summed E-state index contributed by atoms with van der Waals surface area (Å²) in [5, 5.41) is 0. The number of nitrogen functional groups attached to an aromatic ring is 1. The molecule has 0 aliphatic heterocycles. The average Bonchev–Trinajstić information content (AvgIpc) is 3.14. The third-order valence-electron chi connectivity index (χ3n) is 3.24. The normalized spacial score (nSPS) is 14.9. The van der Waals surface area contributed by atoms with E-state index in [1.807, 2.05) is 49.9 Å². The highest BCUT2D eigenvalue weighted by Gasteiger charge is 2.34. The summed E-state index contributed by atoms with van der Waals surface area (Å²) in [5.74, 6) is 0. The van der Waals surface area contributed by atoms with Crippen LogP contribution in [-0.2, 0) is 11.2 Å². The van der Waals surface area contributed by atoms with Crippen molar-refractivity contribution >= 4 is 11.8 Å². The summed E-state index contributed by atoms with van der Waals surface area (Å²) in [6.07, 6.45) is 2.80. The van der Waals surface area contributed by atoms with E-state index in [0.717, 1.165) is 24.9 Å². The lowest BCUT2D eigenvalue weighted by molar-refractivity contribution is 0.0236. The van der Waals surface area contributed by atoms with Crippen LogP contribution < -0.4 is 5.73 Å². The molecule has 0 heterocycles. The summed E-state index contributed by atoms with van der Waals surface area (Å²) in [5.41, 5.74) is 7.19. The summed E-state index contributed by atoms with van der Waals surface area (Å²) in [6.45, 7) is 6.39. The number of nitrogens with zero attached hydrogens (tertiary/aromatic N) is 1. The van der Waals surface area contributed by atoms with Gasteiger partial charge in [0.1, 0.15) is 5.60 Å². The first-order chi connectivity index (χ1) is 9.35. The van der Waals surface area contributed by atoms with Crippen molar-refractivity contribution in [2.75, 3.05) is 12.3 Å². The van der Waals surface area contributed by atoms with Gasteiger partial charge in [0.25, 0.3) is 0 Å². The van der Waals surface area contributed by atoms with Gasteiger partial charge in [-0.05, 0) is 57.7 Å². The average molecular weight is 276 g/mol. The predicted molar refractivity (Wildman–Crippen MR) is 80.5 cm³/mol. The lowest BCUT2D eigenvalue weighted by Crippen LogP contribution is -2.39. The summed E-state index contributed by atoms with van der Waals surface area (Å²) in [4.78, 5) is 14.1. The van der Waals surface area contributed by atoms with Crippen molar-refractivity contribution in [3.8, 4) is 0 Å². The number of carbonyl (C=O) groups is 1. The van der Waals surface area contributed by atoms with Crippen molar-refractivity contribution in [1.82, 2.24) is 4.90 Å². The second-order valence-electron chi connectivity index (χ2n) is 6.40. The number of carbonyl (C=O) groups excluding carboxylic acids is 1. The minimum absolute atomic E-state index is 0.199. The Kier molecular flexibility index (Phi) is 4.21. The molecular formula is C16H24N2O2. The van der Waals surface area contributed by atoms with E-state index in [2.05, 4.69) is 0 Å². The van der Waals surface area contributed by atoms with Crippen LogP contribution in [0, 0.1) is 0 Å². The third-order valence-corrected chi connectivity index (χ3v) is 3.24. The zero-order valence-corrected chi connectivity index (χ0v) is 12.6. The molecule has 1 aliphatic carbocycles. The number of nitrogens with two attached hydrogens (primary N) is 1. The van der Waals surface area contributed by atoms with E-state index in [1.165, 1.54) is 5.56 Å². The van der Waals surface area contributed by atoms with Gasteiger partial charge in [0.05, 0.1) is 0 Å². The van der Waals surface area contributed by atoms with Gasteiger partial charge in [-0.25, -0.2) is 4.79 Å². The van der Waals surface area contributed by atoms with Crippen molar-refractivity contribution in [1.29, 1.82) is 0 Å². The molecule has 1 aromatic carbocycles. The van der Waals surface area contributed by atoms with Gasteiger partial charge in [-0.15, -0.1) is 0 Å². The van der Waals surface area contributed by atoms with Crippen molar-refractivity contribution in [2.24, 2.45) is 0 Å². The molecule has 1 amide bonds. The van der Waals surface area contributed by atoms with Gasteiger partial charge in [0.2, 0.25) is 0 Å². The Morgan fingerprint density at radius 2 is 1.90 bits per heavy atom. The molecule has 110 valence electrons. The van der Waals surface area contributed by atoms with Gasteiger partial charge in [-0.1, -0.05) is 12.1 Å². The van der Waals surface area contributed by atoms with Crippen molar-refractivity contribution in [3.63, 3.8) is 0 Å². The van der Waals surface area contributed by atoms with Gasteiger partial charge in [0, 0.05) is 18.3 Å². The second-order valence-corrected chi connectivity index (χ2v) is 6.40. The molecule has 2 rings (SSSR count). The fourth-order valence-electron chi connectivity index (χ4n) is 2.06. The number of hydrogen-bond donors (Lipinski definition) is 1. The van der Waals surface area contributed by atoms with Crippen LogP contribution in [0.25, 0.3) is 0 Å². The zero-order chi connectivity index (χ0) is 14.8.